The highest BCUT2D eigenvalue weighted by Crippen LogP contribution is 1.89. The first-order valence-electron chi connectivity index (χ1n) is 2.95. The molecule has 0 N–H and O–H groups in total. The van der Waals surface area contributed by atoms with E-state index in [9.17, 15) is 4.79 Å². The van der Waals surface area contributed by atoms with Crippen molar-refractivity contribution in [2.24, 2.45) is 0 Å². The maximum absolute atomic E-state index is 10.3. The van der Waals surface area contributed by atoms with Gasteiger partial charge in [-0.15, -0.1) is 12.3 Å². The zero-order chi connectivity index (χ0) is 7.82. The summed E-state index contributed by atoms with van der Waals surface area (Å²) in [6.07, 6.45) is 5.61. The average Bonchev–Trinajstić information content (AvgIpc) is 1.98. The van der Waals surface area contributed by atoms with Crippen molar-refractivity contribution >= 4 is 6.16 Å². The molecule has 0 radical (unpaired) electrons. The van der Waals surface area contributed by atoms with Crippen LogP contribution in [0.1, 0.15) is 12.8 Å². The lowest BCUT2D eigenvalue weighted by atomic mass is 10.3. The molecule has 0 saturated heterocycles. The average molecular weight is 142 g/mol. The predicted molar refractivity (Wildman–Crippen MR) is 36.4 cm³/mol. The minimum absolute atomic E-state index is 0.330. The molecule has 0 rings (SSSR count). The molecule has 0 aromatic carbocycles. The Hall–Kier alpha value is -1.17. The van der Waals surface area contributed by atoms with Crippen LogP contribution in [0.15, 0.2) is 0 Å². The molecule has 56 valence electrons. The Balaban J connectivity index is 3.05. The van der Waals surface area contributed by atoms with Crippen molar-refractivity contribution in [3.8, 4) is 12.3 Å². The molecule has 0 aromatic heterocycles. The van der Waals surface area contributed by atoms with Crippen molar-refractivity contribution in [2.75, 3.05) is 13.7 Å². The number of hydrogen-bond donors (Lipinski definition) is 0. The number of carbonyl (C=O) groups is 1. The van der Waals surface area contributed by atoms with Gasteiger partial charge in [0, 0.05) is 6.42 Å². The molecule has 0 aliphatic rings. The smallest absolute Gasteiger partial charge is 0.438 e. The van der Waals surface area contributed by atoms with E-state index in [1.54, 1.807) is 0 Å². The highest BCUT2D eigenvalue weighted by Gasteiger charge is 1.96. The zero-order valence-corrected chi connectivity index (χ0v) is 5.92. The highest BCUT2D eigenvalue weighted by molar-refractivity contribution is 5.59. The van der Waals surface area contributed by atoms with Crippen molar-refractivity contribution in [3.63, 3.8) is 0 Å². The third kappa shape index (κ3) is 4.98. The van der Waals surface area contributed by atoms with Crippen LogP contribution >= 0.6 is 0 Å². The molecule has 0 unspecified atom stereocenters. The lowest BCUT2D eigenvalue weighted by molar-refractivity contribution is 0.0722. The standard InChI is InChI=1S/C7H10O3/c1-3-4-5-6-10-7(8)9-2/h1H,4-6H2,2H3. The Morgan fingerprint density at radius 3 is 2.90 bits per heavy atom. The molecule has 10 heavy (non-hydrogen) atoms. The fraction of sp³-hybridized carbons (Fsp3) is 0.571. The van der Waals surface area contributed by atoms with Crippen molar-refractivity contribution < 1.29 is 14.3 Å². The molecule has 0 aliphatic heterocycles. The Labute approximate surface area is 60.3 Å². The zero-order valence-electron chi connectivity index (χ0n) is 5.92. The maximum atomic E-state index is 10.3. The van der Waals surface area contributed by atoms with Crippen molar-refractivity contribution in [2.45, 2.75) is 12.8 Å². The molecule has 3 heteroatoms. The summed E-state index contributed by atoms with van der Waals surface area (Å²) in [6.45, 7) is 0.330. The summed E-state index contributed by atoms with van der Waals surface area (Å²) in [7, 11) is 1.27. The van der Waals surface area contributed by atoms with E-state index in [-0.39, 0.29) is 0 Å². The SMILES string of the molecule is C#CCCCOC(=O)OC. The first-order valence-corrected chi connectivity index (χ1v) is 2.95. The Bertz CT molecular complexity index is 134. The van der Waals surface area contributed by atoms with E-state index in [1.165, 1.54) is 7.11 Å². The van der Waals surface area contributed by atoms with Crippen LogP contribution in [0.25, 0.3) is 0 Å². The fourth-order valence-electron chi connectivity index (χ4n) is 0.389. The molecule has 0 heterocycles. The first kappa shape index (κ1) is 8.83. The Morgan fingerprint density at radius 1 is 1.70 bits per heavy atom. The van der Waals surface area contributed by atoms with E-state index < -0.39 is 6.16 Å². The van der Waals surface area contributed by atoms with Gasteiger partial charge in [-0.2, -0.15) is 0 Å². The minimum Gasteiger partial charge on any atom is -0.438 e. The second kappa shape index (κ2) is 5.96. The third-order valence-electron chi connectivity index (χ3n) is 0.852. The van der Waals surface area contributed by atoms with Crippen LogP contribution in [0, 0.1) is 12.3 Å². The lowest BCUT2D eigenvalue weighted by Gasteiger charge is -1.99. The van der Waals surface area contributed by atoms with E-state index in [2.05, 4.69) is 15.4 Å². The van der Waals surface area contributed by atoms with Gasteiger partial charge >= 0.3 is 6.16 Å². The molecule has 0 aromatic rings. The van der Waals surface area contributed by atoms with Gasteiger partial charge in [0.25, 0.3) is 0 Å². The van der Waals surface area contributed by atoms with Crippen LogP contribution in [0.4, 0.5) is 4.79 Å². The summed E-state index contributed by atoms with van der Waals surface area (Å²) in [4.78, 5) is 10.3. The Kier molecular flexibility index (Phi) is 5.26. The van der Waals surface area contributed by atoms with E-state index in [0.717, 1.165) is 0 Å². The molecule has 0 spiro atoms. The van der Waals surface area contributed by atoms with Gasteiger partial charge in [0.2, 0.25) is 0 Å². The normalized spacial score (nSPS) is 8.00. The first-order chi connectivity index (χ1) is 4.81. The van der Waals surface area contributed by atoms with Gasteiger partial charge in [0.1, 0.15) is 0 Å². The quantitative estimate of drug-likeness (QED) is 0.337. The number of methoxy groups -OCH3 is 1. The van der Waals surface area contributed by atoms with Crippen molar-refractivity contribution in [3.05, 3.63) is 0 Å². The number of rotatable bonds is 3. The monoisotopic (exact) mass is 142 g/mol. The third-order valence-corrected chi connectivity index (χ3v) is 0.852. The van der Waals surface area contributed by atoms with Crippen molar-refractivity contribution in [1.29, 1.82) is 0 Å². The Morgan fingerprint density at radius 2 is 2.40 bits per heavy atom. The largest absolute Gasteiger partial charge is 0.507 e. The van der Waals surface area contributed by atoms with Gasteiger partial charge in [-0.05, 0) is 6.42 Å². The van der Waals surface area contributed by atoms with E-state index in [0.29, 0.717) is 19.4 Å². The second-order valence-corrected chi connectivity index (χ2v) is 1.61. The van der Waals surface area contributed by atoms with Gasteiger partial charge in [-0.3, -0.25) is 0 Å². The number of ether oxygens (including phenoxy) is 2. The number of unbranched alkanes of at least 4 members (excludes halogenated alkanes) is 1. The lowest BCUT2D eigenvalue weighted by Crippen LogP contribution is -2.04. The predicted octanol–water partition coefficient (Wildman–Crippen LogP) is 1.18. The molecule has 0 atom stereocenters. The fourth-order valence-corrected chi connectivity index (χ4v) is 0.389. The summed E-state index contributed by atoms with van der Waals surface area (Å²) in [6, 6.07) is 0. The van der Waals surface area contributed by atoms with Crippen LogP contribution in [-0.4, -0.2) is 19.9 Å². The molecule has 0 fully saturated rings. The van der Waals surface area contributed by atoms with E-state index >= 15 is 0 Å². The molecular weight excluding hydrogens is 132 g/mol. The number of carbonyl (C=O) groups excluding carboxylic acids is 1. The molecule has 0 bridgehead atoms. The molecule has 0 aliphatic carbocycles. The summed E-state index contributed by atoms with van der Waals surface area (Å²) in [5.74, 6) is 2.43. The molecule has 3 nitrogen and oxygen atoms in total. The van der Waals surface area contributed by atoms with Gasteiger partial charge in [-0.25, -0.2) is 4.79 Å². The van der Waals surface area contributed by atoms with Crippen LogP contribution in [0.3, 0.4) is 0 Å². The van der Waals surface area contributed by atoms with Crippen LogP contribution in [0.2, 0.25) is 0 Å². The number of terminal acetylenes is 1. The van der Waals surface area contributed by atoms with Crippen LogP contribution < -0.4 is 0 Å². The number of hydrogen-bond acceptors (Lipinski definition) is 3. The van der Waals surface area contributed by atoms with E-state index in [1.807, 2.05) is 0 Å². The summed E-state index contributed by atoms with van der Waals surface area (Å²) < 4.78 is 8.75. The summed E-state index contributed by atoms with van der Waals surface area (Å²) in [5, 5.41) is 0. The topological polar surface area (TPSA) is 35.5 Å². The summed E-state index contributed by atoms with van der Waals surface area (Å²) in [5.41, 5.74) is 0. The van der Waals surface area contributed by atoms with Gasteiger partial charge in [0.15, 0.2) is 0 Å². The molecule has 0 saturated carbocycles. The second-order valence-electron chi connectivity index (χ2n) is 1.61. The van der Waals surface area contributed by atoms with Crippen LogP contribution in [-0.2, 0) is 9.47 Å². The van der Waals surface area contributed by atoms with Crippen LogP contribution in [0.5, 0.6) is 0 Å². The summed E-state index contributed by atoms with van der Waals surface area (Å²) >= 11 is 0. The maximum Gasteiger partial charge on any atom is 0.507 e. The molecular formula is C7H10O3. The van der Waals surface area contributed by atoms with Gasteiger partial charge < -0.3 is 9.47 Å². The van der Waals surface area contributed by atoms with E-state index in [4.69, 9.17) is 6.42 Å². The van der Waals surface area contributed by atoms with Gasteiger partial charge in [0.05, 0.1) is 13.7 Å². The van der Waals surface area contributed by atoms with Crippen molar-refractivity contribution in [1.82, 2.24) is 0 Å². The molecule has 0 amide bonds. The van der Waals surface area contributed by atoms with Gasteiger partial charge in [-0.1, -0.05) is 0 Å². The highest BCUT2D eigenvalue weighted by atomic mass is 16.7. The minimum atomic E-state index is -0.656.